The number of hydrogen-bond donors (Lipinski definition) is 3. The SMILES string of the molecule is Cc1c(C(=O)O)c(-c2cccc(N3CCN(c4ccc(Sc5ccc(NC(CCN6CCC(O)CC6)CSc6ccccc6)c(S(C)(=O)=O)c5)cc4)CC3)c2)c(-c2ccc(Cl)cc2)n1C(C)C. The summed E-state index contributed by atoms with van der Waals surface area (Å²) in [5.74, 6) is -0.167. The van der Waals surface area contributed by atoms with Crippen LogP contribution in [-0.2, 0) is 9.84 Å². The van der Waals surface area contributed by atoms with Gasteiger partial charge in [-0.2, -0.15) is 0 Å². The Balaban J connectivity index is 0.935. The summed E-state index contributed by atoms with van der Waals surface area (Å²) in [6.45, 7) is 11.9. The highest BCUT2D eigenvalue weighted by Crippen LogP contribution is 2.43. The average molecular weight is 979 g/mol. The molecule has 2 saturated heterocycles. The van der Waals surface area contributed by atoms with Crippen molar-refractivity contribution in [3.63, 3.8) is 0 Å². The van der Waals surface area contributed by atoms with Crippen molar-refractivity contribution in [2.45, 2.75) is 77.8 Å². The summed E-state index contributed by atoms with van der Waals surface area (Å²) in [4.78, 5) is 23.4. The molecule has 1 aromatic heterocycles. The molecule has 0 spiro atoms. The molecule has 3 heterocycles. The Labute approximate surface area is 409 Å². The van der Waals surface area contributed by atoms with Crippen molar-refractivity contribution in [2.75, 3.05) is 72.9 Å². The number of halogens is 1. The molecular weight excluding hydrogens is 918 g/mol. The minimum atomic E-state index is -3.55. The number of aromatic nitrogens is 1. The molecule has 2 aliphatic rings. The molecule has 0 bridgehead atoms. The topological polar surface area (TPSA) is 118 Å². The number of carbonyl (C=O) groups is 1. The number of aromatic carboxylic acids is 1. The fourth-order valence-corrected chi connectivity index (χ4v) is 12.3. The number of nitrogens with zero attached hydrogens (tertiary/aromatic N) is 4. The van der Waals surface area contributed by atoms with Crippen molar-refractivity contribution in [2.24, 2.45) is 0 Å². The molecule has 0 radical (unpaired) electrons. The molecule has 6 aromatic rings. The van der Waals surface area contributed by atoms with Crippen LogP contribution in [0.1, 0.15) is 55.2 Å². The van der Waals surface area contributed by atoms with Crippen molar-refractivity contribution in [3.8, 4) is 22.4 Å². The summed E-state index contributed by atoms with van der Waals surface area (Å²) in [7, 11) is -3.55. The molecule has 10 nitrogen and oxygen atoms in total. The van der Waals surface area contributed by atoms with E-state index in [0.29, 0.717) is 26.7 Å². The van der Waals surface area contributed by atoms with E-state index >= 15 is 0 Å². The van der Waals surface area contributed by atoms with E-state index in [1.807, 2.05) is 73.7 Å². The molecule has 0 amide bonds. The number of likely N-dealkylation sites (tertiary alicyclic amines) is 1. The minimum Gasteiger partial charge on any atom is -0.478 e. The highest BCUT2D eigenvalue weighted by Gasteiger charge is 2.29. The molecule has 67 heavy (non-hydrogen) atoms. The average Bonchev–Trinajstić information content (AvgIpc) is 3.64. The molecule has 8 rings (SSSR count). The van der Waals surface area contributed by atoms with Crippen molar-refractivity contribution in [3.05, 3.63) is 138 Å². The summed E-state index contributed by atoms with van der Waals surface area (Å²) >= 11 is 9.59. The van der Waals surface area contributed by atoms with Crippen LogP contribution in [0, 0.1) is 6.92 Å². The second-order valence-electron chi connectivity index (χ2n) is 17.8. The Morgan fingerprint density at radius 3 is 2.07 bits per heavy atom. The number of piperazine rings is 1. The number of aliphatic hydroxyl groups is 1. The third kappa shape index (κ3) is 11.9. The molecule has 2 fully saturated rings. The first-order valence-corrected chi connectivity index (χ1v) is 27.1. The molecule has 0 saturated carbocycles. The third-order valence-electron chi connectivity index (χ3n) is 12.8. The second kappa shape index (κ2) is 21.6. The van der Waals surface area contributed by atoms with E-state index in [2.05, 4.69) is 87.0 Å². The lowest BCUT2D eigenvalue weighted by Gasteiger charge is -2.37. The number of carboxylic acids is 1. The maximum absolute atomic E-state index is 13.3. The lowest BCUT2D eigenvalue weighted by Crippen LogP contribution is -2.46. The molecule has 2 aliphatic heterocycles. The van der Waals surface area contributed by atoms with Gasteiger partial charge in [-0.25, -0.2) is 13.2 Å². The van der Waals surface area contributed by atoms with Gasteiger partial charge < -0.3 is 34.8 Å². The summed E-state index contributed by atoms with van der Waals surface area (Å²) in [6, 6.07) is 40.4. The summed E-state index contributed by atoms with van der Waals surface area (Å²) in [5.41, 5.74) is 7.18. The van der Waals surface area contributed by atoms with Gasteiger partial charge in [0.15, 0.2) is 9.84 Å². The van der Waals surface area contributed by atoms with E-state index in [1.54, 1.807) is 29.6 Å². The summed E-state index contributed by atoms with van der Waals surface area (Å²) in [6.07, 6.45) is 3.47. The Kier molecular flexibility index (Phi) is 15.7. The van der Waals surface area contributed by atoms with Crippen molar-refractivity contribution in [1.29, 1.82) is 0 Å². The first kappa shape index (κ1) is 48.6. The van der Waals surface area contributed by atoms with Crippen LogP contribution < -0.4 is 15.1 Å². The quantitative estimate of drug-likeness (QED) is 0.0758. The van der Waals surface area contributed by atoms with Gasteiger partial charge in [-0.05, 0) is 130 Å². The Hall–Kier alpha value is -4.89. The Bertz CT molecular complexity index is 2750. The lowest BCUT2D eigenvalue weighted by molar-refractivity contribution is 0.0696. The number of benzene rings is 5. The Morgan fingerprint density at radius 1 is 0.776 bits per heavy atom. The van der Waals surface area contributed by atoms with Crippen LogP contribution in [0.2, 0.25) is 5.02 Å². The maximum atomic E-state index is 13.3. The van der Waals surface area contributed by atoms with Crippen LogP contribution in [0.5, 0.6) is 0 Å². The van der Waals surface area contributed by atoms with Crippen LogP contribution in [0.3, 0.4) is 0 Å². The Morgan fingerprint density at radius 2 is 1.43 bits per heavy atom. The number of anilines is 3. The lowest BCUT2D eigenvalue weighted by atomic mass is 9.96. The molecule has 3 N–H and O–H groups in total. The van der Waals surface area contributed by atoms with E-state index in [0.717, 1.165) is 115 Å². The van der Waals surface area contributed by atoms with Gasteiger partial charge in [0.1, 0.15) is 0 Å². The summed E-state index contributed by atoms with van der Waals surface area (Å²) < 4.78 is 28.7. The van der Waals surface area contributed by atoms with Crippen molar-refractivity contribution in [1.82, 2.24) is 9.47 Å². The van der Waals surface area contributed by atoms with Gasteiger partial charge in [-0.3, -0.25) is 0 Å². The standard InChI is InChI=1S/C53H60ClN5O5S3/c1-36(2)59-37(3)50(53(61)62)51(52(59)38-13-15-40(54)16-14-38)39-9-8-10-43(33-39)58-31-29-57(30-32-58)42-17-19-46(20-18-42)66-47-21-22-48(49(34-47)67(4,63)64)55-41(35-65-45-11-6-5-7-12-45)23-26-56-27-24-44(60)25-28-56/h5-22,33-34,36,41,44,55,60H,23-32,35H2,1-4H3,(H,61,62). The third-order valence-corrected chi connectivity index (χ3v) is 16.3. The largest absolute Gasteiger partial charge is 0.478 e. The number of piperidine rings is 1. The van der Waals surface area contributed by atoms with Gasteiger partial charge in [0.05, 0.1) is 27.9 Å². The highest BCUT2D eigenvalue weighted by molar-refractivity contribution is 7.99. The van der Waals surface area contributed by atoms with E-state index in [9.17, 15) is 23.4 Å². The van der Waals surface area contributed by atoms with Gasteiger partial charge in [0.25, 0.3) is 0 Å². The zero-order valence-electron chi connectivity index (χ0n) is 38.6. The van der Waals surface area contributed by atoms with Crippen LogP contribution >= 0.6 is 35.1 Å². The molecule has 352 valence electrons. The van der Waals surface area contributed by atoms with Crippen LogP contribution in [0.4, 0.5) is 17.1 Å². The number of sulfone groups is 1. The number of nitrogens with one attached hydrogen (secondary N) is 1. The number of aliphatic hydroxyl groups excluding tert-OH is 1. The molecule has 1 atom stereocenters. The van der Waals surface area contributed by atoms with E-state index in [4.69, 9.17) is 11.6 Å². The molecule has 0 aliphatic carbocycles. The van der Waals surface area contributed by atoms with E-state index < -0.39 is 15.8 Å². The summed E-state index contributed by atoms with van der Waals surface area (Å²) in [5, 5.41) is 24.8. The number of rotatable bonds is 17. The van der Waals surface area contributed by atoms with Gasteiger partial charge in [-0.15, -0.1) is 11.8 Å². The molecular formula is C53H60ClN5O5S3. The molecule has 5 aromatic carbocycles. The fourth-order valence-electron chi connectivity index (χ4n) is 9.33. The van der Waals surface area contributed by atoms with E-state index in [1.165, 1.54) is 11.2 Å². The normalized spacial score (nSPS) is 15.6. The van der Waals surface area contributed by atoms with Gasteiger partial charge in [0.2, 0.25) is 0 Å². The predicted octanol–water partition coefficient (Wildman–Crippen LogP) is 11.4. The van der Waals surface area contributed by atoms with Gasteiger partial charge >= 0.3 is 5.97 Å². The first-order valence-electron chi connectivity index (χ1n) is 23.0. The smallest absolute Gasteiger partial charge is 0.338 e. The zero-order valence-corrected chi connectivity index (χ0v) is 41.8. The van der Waals surface area contributed by atoms with Gasteiger partial charge in [-0.1, -0.05) is 65.8 Å². The van der Waals surface area contributed by atoms with Gasteiger partial charge in [0, 0.05) is 112 Å². The van der Waals surface area contributed by atoms with Crippen LogP contribution in [-0.4, -0.2) is 104 Å². The van der Waals surface area contributed by atoms with Crippen molar-refractivity contribution < 1.29 is 23.4 Å². The zero-order chi connectivity index (χ0) is 47.2. The number of carboxylic acid groups (broad SMARTS) is 1. The van der Waals surface area contributed by atoms with Crippen LogP contribution in [0.15, 0.2) is 141 Å². The number of thioether (sulfide) groups is 1. The second-order valence-corrected chi connectivity index (χ2v) is 22.5. The molecule has 1 unspecified atom stereocenters. The van der Waals surface area contributed by atoms with Crippen LogP contribution in [0.25, 0.3) is 22.4 Å². The first-order chi connectivity index (χ1) is 32.2. The highest BCUT2D eigenvalue weighted by atomic mass is 35.5. The fraction of sp³-hybridized carbons (Fsp3) is 0.340. The van der Waals surface area contributed by atoms with Crippen molar-refractivity contribution >= 4 is 68.0 Å². The minimum absolute atomic E-state index is 0.0315. The number of hydrogen-bond acceptors (Lipinski definition) is 10. The molecule has 14 heteroatoms. The maximum Gasteiger partial charge on any atom is 0.338 e. The predicted molar refractivity (Wildman–Crippen MR) is 278 cm³/mol. The van der Waals surface area contributed by atoms with E-state index in [-0.39, 0.29) is 18.2 Å². The monoisotopic (exact) mass is 977 g/mol.